The van der Waals surface area contributed by atoms with Crippen molar-refractivity contribution in [2.45, 2.75) is 0 Å². The van der Waals surface area contributed by atoms with Crippen LogP contribution in [0, 0.1) is 5.82 Å². The van der Waals surface area contributed by atoms with E-state index in [4.69, 9.17) is 9.52 Å². The Morgan fingerprint density at radius 1 is 1.23 bits per heavy atom. The van der Waals surface area contributed by atoms with Crippen LogP contribution < -0.4 is 0 Å². The van der Waals surface area contributed by atoms with Crippen LogP contribution in [0.15, 0.2) is 41.0 Å². The summed E-state index contributed by atoms with van der Waals surface area (Å²) in [5, 5.41) is 9.11. The second kappa shape index (κ2) is 2.94. The summed E-state index contributed by atoms with van der Waals surface area (Å²) in [6, 6.07) is 7.21. The van der Waals surface area contributed by atoms with Crippen molar-refractivity contribution in [1.29, 1.82) is 0 Å². The number of benzene rings is 1. The van der Waals surface area contributed by atoms with Crippen molar-refractivity contribution >= 4 is 0 Å². The molecule has 2 aromatic rings. The fraction of sp³-hybridized carbons (Fsp3) is 0. The Morgan fingerprint density at radius 2 is 2.08 bits per heavy atom. The molecule has 0 bridgehead atoms. The summed E-state index contributed by atoms with van der Waals surface area (Å²) in [5.41, 5.74) is 0.530. The van der Waals surface area contributed by atoms with Gasteiger partial charge in [-0.2, -0.15) is 0 Å². The van der Waals surface area contributed by atoms with Crippen molar-refractivity contribution in [2.24, 2.45) is 0 Å². The Kier molecular flexibility index (Phi) is 1.77. The first kappa shape index (κ1) is 7.86. The van der Waals surface area contributed by atoms with Crippen LogP contribution in [0.3, 0.4) is 0 Å². The number of phenolic OH excluding ortho intramolecular Hbond substituents is 1. The summed E-state index contributed by atoms with van der Waals surface area (Å²) in [6.45, 7) is 0. The van der Waals surface area contributed by atoms with Crippen molar-refractivity contribution in [1.82, 2.24) is 0 Å². The van der Waals surface area contributed by atoms with E-state index >= 15 is 0 Å². The van der Waals surface area contributed by atoms with Crippen LogP contribution in [0.2, 0.25) is 0 Å². The van der Waals surface area contributed by atoms with E-state index in [0.717, 1.165) is 6.07 Å². The van der Waals surface area contributed by atoms with Crippen molar-refractivity contribution in [3.63, 3.8) is 0 Å². The molecule has 1 heterocycles. The zero-order valence-corrected chi connectivity index (χ0v) is 6.70. The maximum absolute atomic E-state index is 12.8. The highest BCUT2D eigenvalue weighted by Gasteiger charge is 2.03. The molecule has 3 heteroatoms. The molecule has 0 spiro atoms. The summed E-state index contributed by atoms with van der Waals surface area (Å²) in [7, 11) is 0. The molecule has 0 atom stereocenters. The van der Waals surface area contributed by atoms with E-state index in [2.05, 4.69) is 0 Å². The Morgan fingerprint density at radius 3 is 2.69 bits per heavy atom. The molecule has 1 N–H and O–H groups in total. The Balaban J connectivity index is 2.53. The summed E-state index contributed by atoms with van der Waals surface area (Å²) >= 11 is 0. The lowest BCUT2D eigenvalue weighted by Gasteiger charge is -1.98. The van der Waals surface area contributed by atoms with Crippen LogP contribution in [-0.4, -0.2) is 5.11 Å². The number of hydrogen-bond donors (Lipinski definition) is 1. The summed E-state index contributed by atoms with van der Waals surface area (Å²) in [4.78, 5) is 0. The predicted octanol–water partition coefficient (Wildman–Crippen LogP) is 2.79. The molecule has 2 nitrogen and oxygen atoms in total. The number of phenols is 1. The maximum atomic E-state index is 12.8. The van der Waals surface area contributed by atoms with Crippen LogP contribution >= 0.6 is 0 Å². The third-order valence-corrected chi connectivity index (χ3v) is 1.69. The van der Waals surface area contributed by atoms with E-state index in [9.17, 15) is 4.39 Å². The minimum Gasteiger partial charge on any atom is -0.508 e. The molecule has 0 aliphatic heterocycles. The molecule has 1 aromatic heterocycles. The van der Waals surface area contributed by atoms with Gasteiger partial charge < -0.3 is 9.52 Å². The molecular weight excluding hydrogens is 171 g/mol. The van der Waals surface area contributed by atoms with Crippen LogP contribution in [0.5, 0.6) is 5.75 Å². The third-order valence-electron chi connectivity index (χ3n) is 1.69. The fourth-order valence-electron chi connectivity index (χ4n) is 1.16. The quantitative estimate of drug-likeness (QED) is 0.728. The van der Waals surface area contributed by atoms with E-state index in [-0.39, 0.29) is 5.75 Å². The first-order chi connectivity index (χ1) is 6.25. The van der Waals surface area contributed by atoms with E-state index in [1.54, 1.807) is 12.1 Å². The minimum absolute atomic E-state index is 0.105. The molecule has 13 heavy (non-hydrogen) atoms. The highest BCUT2D eigenvalue weighted by atomic mass is 19.1. The molecule has 0 radical (unpaired) electrons. The SMILES string of the molecule is Oc1cc(F)cc(-c2ccco2)c1. The lowest BCUT2D eigenvalue weighted by molar-refractivity contribution is 0.469. The molecule has 0 saturated heterocycles. The van der Waals surface area contributed by atoms with Gasteiger partial charge in [0.15, 0.2) is 0 Å². The lowest BCUT2D eigenvalue weighted by Crippen LogP contribution is -1.77. The van der Waals surface area contributed by atoms with Gasteiger partial charge in [-0.25, -0.2) is 4.39 Å². The molecule has 1 aromatic carbocycles. The lowest BCUT2D eigenvalue weighted by atomic mass is 10.1. The highest BCUT2D eigenvalue weighted by molar-refractivity contribution is 5.59. The Hall–Kier alpha value is -1.77. The van der Waals surface area contributed by atoms with Gasteiger partial charge in [0, 0.05) is 11.6 Å². The van der Waals surface area contributed by atoms with Gasteiger partial charge in [0.25, 0.3) is 0 Å². The standard InChI is InChI=1S/C10H7FO2/c11-8-4-7(5-9(12)6-8)10-2-1-3-13-10/h1-6,12H. The predicted molar refractivity (Wildman–Crippen MR) is 45.8 cm³/mol. The van der Waals surface area contributed by atoms with E-state index < -0.39 is 5.82 Å². The minimum atomic E-state index is -0.480. The zero-order valence-electron chi connectivity index (χ0n) is 6.70. The van der Waals surface area contributed by atoms with Gasteiger partial charge >= 0.3 is 0 Å². The molecule has 0 unspecified atom stereocenters. The molecular formula is C10H7FO2. The van der Waals surface area contributed by atoms with Crippen molar-refractivity contribution in [3.05, 3.63) is 42.4 Å². The Labute approximate surface area is 74.2 Å². The van der Waals surface area contributed by atoms with Crippen LogP contribution in [0.1, 0.15) is 0 Å². The van der Waals surface area contributed by atoms with Crippen molar-refractivity contribution < 1.29 is 13.9 Å². The molecule has 2 rings (SSSR count). The second-order valence-electron chi connectivity index (χ2n) is 2.68. The molecule has 0 saturated carbocycles. The van der Waals surface area contributed by atoms with E-state index in [0.29, 0.717) is 11.3 Å². The van der Waals surface area contributed by atoms with Crippen molar-refractivity contribution in [2.75, 3.05) is 0 Å². The van der Waals surface area contributed by atoms with E-state index in [1.807, 2.05) is 0 Å². The average molecular weight is 178 g/mol. The second-order valence-corrected chi connectivity index (χ2v) is 2.68. The molecule has 0 amide bonds. The topological polar surface area (TPSA) is 33.4 Å². The van der Waals surface area contributed by atoms with Crippen LogP contribution in [0.25, 0.3) is 11.3 Å². The van der Waals surface area contributed by atoms with Crippen molar-refractivity contribution in [3.8, 4) is 17.1 Å². The summed E-state index contributed by atoms with van der Waals surface area (Å²) in [5.74, 6) is -0.0485. The number of furan rings is 1. The monoisotopic (exact) mass is 178 g/mol. The van der Waals surface area contributed by atoms with Gasteiger partial charge in [-0.15, -0.1) is 0 Å². The van der Waals surface area contributed by atoms with Gasteiger partial charge in [0.2, 0.25) is 0 Å². The largest absolute Gasteiger partial charge is 0.508 e. The van der Waals surface area contributed by atoms with Gasteiger partial charge in [0.05, 0.1) is 6.26 Å². The third kappa shape index (κ3) is 1.54. The molecule has 0 fully saturated rings. The van der Waals surface area contributed by atoms with Crippen LogP contribution in [0.4, 0.5) is 4.39 Å². The Bertz CT molecular complexity index is 387. The van der Waals surface area contributed by atoms with Crippen LogP contribution in [-0.2, 0) is 0 Å². The number of halogens is 1. The molecule has 0 aliphatic carbocycles. The summed E-state index contributed by atoms with van der Waals surface area (Å²) in [6.07, 6.45) is 1.50. The van der Waals surface area contributed by atoms with Gasteiger partial charge in [0.1, 0.15) is 17.3 Å². The summed E-state index contributed by atoms with van der Waals surface area (Å²) < 4.78 is 17.9. The highest BCUT2D eigenvalue weighted by Crippen LogP contribution is 2.24. The zero-order chi connectivity index (χ0) is 9.26. The first-order valence-corrected chi connectivity index (χ1v) is 3.79. The first-order valence-electron chi connectivity index (χ1n) is 3.79. The fourth-order valence-corrected chi connectivity index (χ4v) is 1.16. The normalized spacial score (nSPS) is 10.2. The molecule has 66 valence electrons. The smallest absolute Gasteiger partial charge is 0.134 e. The van der Waals surface area contributed by atoms with E-state index in [1.165, 1.54) is 18.4 Å². The van der Waals surface area contributed by atoms with Gasteiger partial charge in [-0.3, -0.25) is 0 Å². The number of hydrogen-bond acceptors (Lipinski definition) is 2. The molecule has 0 aliphatic rings. The van der Waals surface area contributed by atoms with Gasteiger partial charge in [-0.05, 0) is 24.3 Å². The van der Waals surface area contributed by atoms with Gasteiger partial charge in [-0.1, -0.05) is 0 Å². The number of aromatic hydroxyl groups is 1. The maximum Gasteiger partial charge on any atom is 0.134 e. The average Bonchev–Trinajstić information content (AvgIpc) is 2.53. The number of rotatable bonds is 1.